The van der Waals surface area contributed by atoms with Crippen molar-refractivity contribution in [3.8, 4) is 5.75 Å². The van der Waals surface area contributed by atoms with E-state index in [4.69, 9.17) is 5.11 Å². The number of carboxylic acid groups (broad SMARTS) is 1. The van der Waals surface area contributed by atoms with Crippen LogP contribution in [0.4, 0.5) is 22.0 Å². The third-order valence-corrected chi connectivity index (χ3v) is 1.94. The normalized spacial score (nSPS) is 11.7. The van der Waals surface area contributed by atoms with Gasteiger partial charge < -0.3 is 9.84 Å². The first-order valence-electron chi connectivity index (χ1n) is 4.36. The van der Waals surface area contributed by atoms with Crippen LogP contribution in [-0.2, 0) is 6.18 Å². The molecule has 9 heteroatoms. The molecule has 1 aromatic rings. The van der Waals surface area contributed by atoms with Crippen molar-refractivity contribution in [3.05, 3.63) is 23.0 Å². The molecular formula is C9H6F5NO3. The lowest BCUT2D eigenvalue weighted by Gasteiger charge is -2.14. The van der Waals surface area contributed by atoms with E-state index in [0.717, 1.165) is 7.11 Å². The van der Waals surface area contributed by atoms with Gasteiger partial charge in [0, 0.05) is 0 Å². The van der Waals surface area contributed by atoms with E-state index in [2.05, 4.69) is 9.72 Å². The van der Waals surface area contributed by atoms with Gasteiger partial charge in [0.05, 0.1) is 12.7 Å². The lowest BCUT2D eigenvalue weighted by Crippen LogP contribution is -2.16. The Labute approximate surface area is 97.0 Å². The molecule has 0 aromatic carbocycles. The number of rotatable bonds is 3. The highest BCUT2D eigenvalue weighted by molar-refractivity contribution is 5.87. The number of alkyl halides is 5. The number of ether oxygens (including phenoxy) is 1. The van der Waals surface area contributed by atoms with Gasteiger partial charge in [0.25, 0.3) is 6.43 Å². The highest BCUT2D eigenvalue weighted by Gasteiger charge is 2.39. The van der Waals surface area contributed by atoms with Gasteiger partial charge in [-0.2, -0.15) is 13.2 Å². The van der Waals surface area contributed by atoms with Crippen LogP contribution in [0.25, 0.3) is 0 Å². The zero-order valence-electron chi connectivity index (χ0n) is 8.76. The largest absolute Gasteiger partial charge is 0.494 e. The van der Waals surface area contributed by atoms with Gasteiger partial charge in [0.15, 0.2) is 11.4 Å². The summed E-state index contributed by atoms with van der Waals surface area (Å²) in [5.41, 5.74) is -4.14. The second-order valence-corrected chi connectivity index (χ2v) is 3.08. The first-order chi connectivity index (χ1) is 8.18. The van der Waals surface area contributed by atoms with Crippen molar-refractivity contribution in [3.63, 3.8) is 0 Å². The first-order valence-corrected chi connectivity index (χ1v) is 4.36. The van der Waals surface area contributed by atoms with Crippen molar-refractivity contribution in [1.82, 2.24) is 4.98 Å². The van der Waals surface area contributed by atoms with E-state index >= 15 is 0 Å². The molecule has 18 heavy (non-hydrogen) atoms. The van der Waals surface area contributed by atoms with Gasteiger partial charge in [-0.1, -0.05) is 0 Å². The molecule has 0 atom stereocenters. The Bertz CT molecular complexity index is 472. The molecule has 1 heterocycles. The van der Waals surface area contributed by atoms with Gasteiger partial charge in [0.2, 0.25) is 0 Å². The maximum Gasteiger partial charge on any atom is 0.437 e. The van der Waals surface area contributed by atoms with Crippen molar-refractivity contribution in [2.45, 2.75) is 12.6 Å². The third kappa shape index (κ3) is 2.66. The van der Waals surface area contributed by atoms with Crippen LogP contribution in [0.2, 0.25) is 0 Å². The van der Waals surface area contributed by atoms with Gasteiger partial charge in [-0.15, -0.1) is 0 Å². The van der Waals surface area contributed by atoms with Crippen LogP contribution >= 0.6 is 0 Å². The molecule has 1 rings (SSSR count). The van der Waals surface area contributed by atoms with Gasteiger partial charge in [-0.3, -0.25) is 0 Å². The lowest BCUT2D eigenvalue weighted by atomic mass is 10.1. The average Bonchev–Trinajstić information content (AvgIpc) is 2.25. The van der Waals surface area contributed by atoms with Gasteiger partial charge in [0.1, 0.15) is 5.75 Å². The van der Waals surface area contributed by atoms with E-state index in [1.165, 1.54) is 0 Å². The molecule has 0 spiro atoms. The predicted octanol–water partition coefficient (Wildman–Crippen LogP) is 2.74. The second-order valence-electron chi connectivity index (χ2n) is 3.08. The summed E-state index contributed by atoms with van der Waals surface area (Å²) in [5, 5.41) is 8.56. The first kappa shape index (κ1) is 14.1. The Balaban J connectivity index is 3.57. The fraction of sp³-hybridized carbons (Fsp3) is 0.333. The Morgan fingerprint density at radius 2 is 2.00 bits per heavy atom. The summed E-state index contributed by atoms with van der Waals surface area (Å²) in [6.45, 7) is 0. The summed E-state index contributed by atoms with van der Waals surface area (Å²) in [6.07, 6.45) is -8.28. The van der Waals surface area contributed by atoms with Crippen molar-refractivity contribution in [2.75, 3.05) is 7.11 Å². The minimum absolute atomic E-state index is 0.323. The Hall–Kier alpha value is -1.93. The highest BCUT2D eigenvalue weighted by Crippen LogP contribution is 2.37. The number of aromatic nitrogens is 1. The zero-order valence-corrected chi connectivity index (χ0v) is 8.76. The Morgan fingerprint density at radius 3 is 2.33 bits per heavy atom. The Kier molecular flexibility index (Phi) is 3.73. The van der Waals surface area contributed by atoms with Crippen LogP contribution in [0.3, 0.4) is 0 Å². The molecule has 0 amide bonds. The number of pyridine rings is 1. The van der Waals surface area contributed by atoms with E-state index in [1.54, 1.807) is 0 Å². The molecule has 0 saturated heterocycles. The molecule has 0 bridgehead atoms. The summed E-state index contributed by atoms with van der Waals surface area (Å²) >= 11 is 0. The van der Waals surface area contributed by atoms with Gasteiger partial charge in [-0.25, -0.2) is 18.6 Å². The summed E-state index contributed by atoms with van der Waals surface area (Å²) in [7, 11) is 0.835. The van der Waals surface area contributed by atoms with E-state index in [-0.39, 0.29) is 0 Å². The molecular weight excluding hydrogens is 265 g/mol. The number of carbonyl (C=O) groups is 1. The number of hydrogen-bond acceptors (Lipinski definition) is 3. The fourth-order valence-electron chi connectivity index (χ4n) is 1.21. The zero-order chi connectivity index (χ0) is 14.1. The summed E-state index contributed by atoms with van der Waals surface area (Å²) in [5.74, 6) is -2.93. The monoisotopic (exact) mass is 271 g/mol. The molecule has 1 aromatic heterocycles. The maximum atomic E-state index is 12.5. The number of methoxy groups -OCH3 is 1. The van der Waals surface area contributed by atoms with E-state index in [1.807, 2.05) is 0 Å². The van der Waals surface area contributed by atoms with Crippen LogP contribution < -0.4 is 4.74 Å². The molecule has 0 fully saturated rings. The Morgan fingerprint density at radius 1 is 1.44 bits per heavy atom. The van der Waals surface area contributed by atoms with E-state index < -0.39 is 41.3 Å². The molecule has 1 N–H and O–H groups in total. The number of carboxylic acids is 1. The smallest absolute Gasteiger partial charge is 0.437 e. The van der Waals surface area contributed by atoms with Crippen LogP contribution in [0, 0.1) is 0 Å². The molecule has 0 unspecified atom stereocenters. The van der Waals surface area contributed by atoms with Crippen molar-refractivity contribution >= 4 is 5.97 Å². The lowest BCUT2D eigenvalue weighted by molar-refractivity contribution is -0.142. The van der Waals surface area contributed by atoms with Crippen molar-refractivity contribution in [1.29, 1.82) is 0 Å². The summed E-state index contributed by atoms with van der Waals surface area (Å²) < 4.78 is 66.7. The summed E-state index contributed by atoms with van der Waals surface area (Å²) in [4.78, 5) is 13.3. The van der Waals surface area contributed by atoms with Crippen LogP contribution in [0.1, 0.15) is 28.2 Å². The number of aromatic carboxylic acids is 1. The number of nitrogens with zero attached hydrogens (tertiary/aromatic N) is 1. The fourth-order valence-corrected chi connectivity index (χ4v) is 1.21. The van der Waals surface area contributed by atoms with Crippen molar-refractivity contribution < 1.29 is 36.6 Å². The maximum absolute atomic E-state index is 12.5. The highest BCUT2D eigenvalue weighted by atomic mass is 19.4. The number of halogens is 5. The molecule has 4 nitrogen and oxygen atoms in total. The van der Waals surface area contributed by atoms with Crippen LogP contribution in [0.5, 0.6) is 5.75 Å². The topological polar surface area (TPSA) is 59.4 Å². The van der Waals surface area contributed by atoms with Gasteiger partial charge >= 0.3 is 12.1 Å². The summed E-state index contributed by atoms with van der Waals surface area (Å²) in [6, 6.07) is 0.323. The van der Waals surface area contributed by atoms with Gasteiger partial charge in [-0.05, 0) is 6.07 Å². The molecule has 0 radical (unpaired) electrons. The third-order valence-electron chi connectivity index (χ3n) is 1.94. The van der Waals surface area contributed by atoms with Crippen LogP contribution in [-0.4, -0.2) is 23.2 Å². The molecule has 0 aliphatic rings. The molecule has 0 aliphatic heterocycles. The second kappa shape index (κ2) is 4.75. The quantitative estimate of drug-likeness (QED) is 0.859. The molecule has 100 valence electrons. The minimum atomic E-state index is -5.00. The minimum Gasteiger partial charge on any atom is -0.494 e. The van der Waals surface area contributed by atoms with Crippen molar-refractivity contribution in [2.24, 2.45) is 0 Å². The standard InChI is InChI=1S/C9H6F5NO3/c1-18-4-2-3(7(10)11)5(8(16)17)15-6(4)9(12,13)14/h2,7H,1H3,(H,16,17). The van der Waals surface area contributed by atoms with E-state index in [9.17, 15) is 26.7 Å². The predicted molar refractivity (Wildman–Crippen MR) is 47.7 cm³/mol. The average molecular weight is 271 g/mol. The SMILES string of the molecule is COc1cc(C(F)F)c(C(=O)O)nc1C(F)(F)F. The number of hydrogen-bond donors (Lipinski definition) is 1. The molecule has 0 aliphatic carbocycles. The van der Waals surface area contributed by atoms with Crippen LogP contribution in [0.15, 0.2) is 6.07 Å². The molecule has 0 saturated carbocycles. The van der Waals surface area contributed by atoms with E-state index in [0.29, 0.717) is 6.07 Å².